The monoisotopic (exact) mass is 434 g/mol. The SMILES string of the molecule is CCOc1cc(/C=C2\N=C(SCC)N(c3ccc(OC(F)F)cc3)C2=O)ccc1O. The molecule has 0 aliphatic carbocycles. The van der Waals surface area contributed by atoms with Crippen LogP contribution in [0.5, 0.6) is 17.2 Å². The minimum Gasteiger partial charge on any atom is -0.504 e. The molecule has 0 saturated heterocycles. The number of nitrogens with zero attached hydrogens (tertiary/aromatic N) is 2. The van der Waals surface area contributed by atoms with E-state index in [1.54, 1.807) is 25.1 Å². The molecule has 0 aromatic heterocycles. The zero-order valence-corrected chi connectivity index (χ0v) is 17.2. The Balaban J connectivity index is 1.91. The maximum absolute atomic E-state index is 13.0. The molecule has 1 heterocycles. The summed E-state index contributed by atoms with van der Waals surface area (Å²) in [5.41, 5.74) is 1.35. The number of rotatable bonds is 7. The first-order valence-electron chi connectivity index (χ1n) is 9.21. The fourth-order valence-electron chi connectivity index (χ4n) is 2.78. The molecule has 0 bridgehead atoms. The number of phenolic OH excluding ortho intramolecular Hbond substituents is 1. The number of phenols is 1. The Morgan fingerprint density at radius 1 is 1.20 bits per heavy atom. The highest BCUT2D eigenvalue weighted by Crippen LogP contribution is 2.32. The van der Waals surface area contributed by atoms with E-state index in [-0.39, 0.29) is 23.1 Å². The van der Waals surface area contributed by atoms with Crippen LogP contribution in [0.2, 0.25) is 0 Å². The summed E-state index contributed by atoms with van der Waals surface area (Å²) in [4.78, 5) is 18.9. The molecule has 0 spiro atoms. The van der Waals surface area contributed by atoms with Crippen LogP contribution in [0.3, 0.4) is 0 Å². The molecule has 30 heavy (non-hydrogen) atoms. The summed E-state index contributed by atoms with van der Waals surface area (Å²) in [5.74, 6) is 0.673. The van der Waals surface area contributed by atoms with Crippen LogP contribution in [-0.4, -0.2) is 35.2 Å². The Kier molecular flexibility index (Phi) is 6.94. The molecule has 158 valence electrons. The first kappa shape index (κ1) is 21.6. The van der Waals surface area contributed by atoms with Crippen molar-refractivity contribution in [3.63, 3.8) is 0 Å². The average molecular weight is 434 g/mol. The van der Waals surface area contributed by atoms with Gasteiger partial charge in [-0.1, -0.05) is 24.8 Å². The molecule has 2 aromatic carbocycles. The van der Waals surface area contributed by atoms with Crippen molar-refractivity contribution in [1.82, 2.24) is 0 Å². The Morgan fingerprint density at radius 3 is 2.57 bits per heavy atom. The maximum Gasteiger partial charge on any atom is 0.387 e. The number of benzene rings is 2. The van der Waals surface area contributed by atoms with E-state index < -0.39 is 6.61 Å². The van der Waals surface area contributed by atoms with Gasteiger partial charge in [-0.15, -0.1) is 0 Å². The van der Waals surface area contributed by atoms with Crippen molar-refractivity contribution >= 4 is 34.6 Å². The Labute approximate surface area is 176 Å². The van der Waals surface area contributed by atoms with E-state index in [1.807, 2.05) is 6.92 Å². The number of ether oxygens (including phenoxy) is 2. The second kappa shape index (κ2) is 9.62. The molecule has 1 aliphatic heterocycles. The zero-order chi connectivity index (χ0) is 21.7. The third-order valence-electron chi connectivity index (χ3n) is 4.01. The van der Waals surface area contributed by atoms with Gasteiger partial charge < -0.3 is 14.6 Å². The Hall–Kier alpha value is -3.07. The number of alkyl halides is 2. The fraction of sp³-hybridized carbons (Fsp3) is 0.238. The molecule has 3 rings (SSSR count). The number of carbonyl (C=O) groups is 1. The van der Waals surface area contributed by atoms with E-state index in [4.69, 9.17) is 4.74 Å². The zero-order valence-electron chi connectivity index (χ0n) is 16.3. The highest BCUT2D eigenvalue weighted by atomic mass is 32.2. The van der Waals surface area contributed by atoms with Crippen LogP contribution in [0.25, 0.3) is 6.08 Å². The number of amidine groups is 1. The highest BCUT2D eigenvalue weighted by molar-refractivity contribution is 8.14. The predicted molar refractivity (Wildman–Crippen MR) is 113 cm³/mol. The van der Waals surface area contributed by atoms with Crippen molar-refractivity contribution in [2.45, 2.75) is 20.5 Å². The summed E-state index contributed by atoms with van der Waals surface area (Å²) in [6.07, 6.45) is 1.61. The van der Waals surface area contributed by atoms with Crippen molar-refractivity contribution in [2.75, 3.05) is 17.3 Å². The van der Waals surface area contributed by atoms with Crippen molar-refractivity contribution in [2.24, 2.45) is 4.99 Å². The largest absolute Gasteiger partial charge is 0.504 e. The summed E-state index contributed by atoms with van der Waals surface area (Å²) in [5, 5.41) is 10.3. The van der Waals surface area contributed by atoms with E-state index in [9.17, 15) is 18.7 Å². The molecule has 1 aliphatic rings. The standard InChI is InChI=1S/C21H20F2N2O4S/c1-3-28-18-12-13(5-10-17(18)26)11-16-19(27)25(21(24-16)30-4-2)14-6-8-15(9-7-14)29-20(22)23/h5-12,20,26H,3-4H2,1-2H3/b16-11-. The second-order valence-corrected chi connectivity index (χ2v) is 7.26. The van der Waals surface area contributed by atoms with Crippen LogP contribution in [-0.2, 0) is 4.79 Å². The molecule has 1 N–H and O–H groups in total. The molecule has 0 fully saturated rings. The van der Waals surface area contributed by atoms with Crippen LogP contribution in [0, 0.1) is 0 Å². The number of carbonyl (C=O) groups excluding carboxylic acids is 1. The van der Waals surface area contributed by atoms with Gasteiger partial charge in [-0.2, -0.15) is 8.78 Å². The van der Waals surface area contributed by atoms with Crippen molar-refractivity contribution < 1.29 is 28.2 Å². The van der Waals surface area contributed by atoms with Gasteiger partial charge in [0.15, 0.2) is 16.7 Å². The smallest absolute Gasteiger partial charge is 0.387 e. The van der Waals surface area contributed by atoms with Gasteiger partial charge in [-0.05, 0) is 60.7 Å². The number of aromatic hydroxyl groups is 1. The molecule has 0 atom stereocenters. The van der Waals surface area contributed by atoms with E-state index in [2.05, 4.69) is 9.73 Å². The second-order valence-electron chi connectivity index (χ2n) is 6.03. The van der Waals surface area contributed by atoms with Crippen LogP contribution in [0.15, 0.2) is 53.2 Å². The van der Waals surface area contributed by atoms with E-state index in [1.165, 1.54) is 47.0 Å². The van der Waals surface area contributed by atoms with E-state index in [0.717, 1.165) is 0 Å². The number of anilines is 1. The first-order valence-corrected chi connectivity index (χ1v) is 10.2. The first-order chi connectivity index (χ1) is 14.4. The van der Waals surface area contributed by atoms with Crippen LogP contribution < -0.4 is 14.4 Å². The quantitative estimate of drug-likeness (QED) is 0.629. The Morgan fingerprint density at radius 2 is 1.93 bits per heavy atom. The molecule has 2 aromatic rings. The van der Waals surface area contributed by atoms with Gasteiger partial charge in [0.25, 0.3) is 5.91 Å². The normalized spacial score (nSPS) is 15.1. The number of thioether (sulfide) groups is 1. The molecule has 9 heteroatoms. The molecule has 0 radical (unpaired) electrons. The van der Waals surface area contributed by atoms with Crippen LogP contribution in [0.4, 0.5) is 14.5 Å². The molecule has 0 unspecified atom stereocenters. The minimum absolute atomic E-state index is 0.00495. The van der Waals surface area contributed by atoms with E-state index in [0.29, 0.717) is 34.5 Å². The van der Waals surface area contributed by atoms with Crippen molar-refractivity contribution in [1.29, 1.82) is 0 Å². The lowest BCUT2D eigenvalue weighted by Gasteiger charge is -2.17. The summed E-state index contributed by atoms with van der Waals surface area (Å²) in [6, 6.07) is 10.6. The van der Waals surface area contributed by atoms with Gasteiger partial charge in [0.05, 0.1) is 12.3 Å². The summed E-state index contributed by atoms with van der Waals surface area (Å²) >= 11 is 1.39. The molecule has 1 amide bonds. The van der Waals surface area contributed by atoms with Gasteiger partial charge in [0, 0.05) is 0 Å². The lowest BCUT2D eigenvalue weighted by Crippen LogP contribution is -2.30. The predicted octanol–water partition coefficient (Wildman–Crippen LogP) is 4.89. The van der Waals surface area contributed by atoms with Crippen molar-refractivity contribution in [3.8, 4) is 17.2 Å². The van der Waals surface area contributed by atoms with Gasteiger partial charge >= 0.3 is 6.61 Å². The molecular formula is C21H20F2N2O4S. The van der Waals surface area contributed by atoms with Gasteiger partial charge in [-0.25, -0.2) is 4.99 Å². The third kappa shape index (κ3) is 4.91. The minimum atomic E-state index is -2.92. The molecule has 0 saturated carbocycles. The summed E-state index contributed by atoms with van der Waals surface area (Å²) in [7, 11) is 0. The molecule has 6 nitrogen and oxygen atoms in total. The van der Waals surface area contributed by atoms with E-state index >= 15 is 0 Å². The van der Waals surface area contributed by atoms with Crippen molar-refractivity contribution in [3.05, 3.63) is 53.7 Å². The molecular weight excluding hydrogens is 414 g/mol. The summed E-state index contributed by atoms with van der Waals surface area (Å²) in [6.45, 7) is 1.21. The topological polar surface area (TPSA) is 71.4 Å². The average Bonchev–Trinajstić information content (AvgIpc) is 3.00. The van der Waals surface area contributed by atoms with Gasteiger partial charge in [0.2, 0.25) is 0 Å². The Bertz CT molecular complexity index is 977. The number of hydrogen-bond acceptors (Lipinski definition) is 6. The highest BCUT2D eigenvalue weighted by Gasteiger charge is 2.31. The van der Waals surface area contributed by atoms with Gasteiger partial charge in [-0.3, -0.25) is 9.69 Å². The lowest BCUT2D eigenvalue weighted by molar-refractivity contribution is -0.113. The number of hydrogen-bond donors (Lipinski definition) is 1. The number of amides is 1. The van der Waals surface area contributed by atoms with Gasteiger partial charge in [0.1, 0.15) is 11.4 Å². The fourth-order valence-corrected chi connectivity index (χ4v) is 3.51. The summed E-state index contributed by atoms with van der Waals surface area (Å²) < 4.78 is 34.5. The third-order valence-corrected chi connectivity index (χ3v) is 4.83. The van der Waals surface area contributed by atoms with Crippen LogP contribution in [0.1, 0.15) is 19.4 Å². The number of aliphatic imine (C=N–C) groups is 1. The maximum atomic E-state index is 13.0. The van der Waals surface area contributed by atoms with Crippen LogP contribution >= 0.6 is 11.8 Å². The lowest BCUT2D eigenvalue weighted by atomic mass is 10.1. The number of halogens is 2.